The Kier molecular flexibility index (Phi) is 5.85. The van der Waals surface area contributed by atoms with Crippen LogP contribution in [0.25, 0.3) is 0 Å². The molecule has 0 amide bonds. The summed E-state index contributed by atoms with van der Waals surface area (Å²) < 4.78 is 10.6. The molecule has 0 radical (unpaired) electrons. The van der Waals surface area contributed by atoms with Crippen LogP contribution in [0, 0.1) is 5.92 Å². The lowest BCUT2D eigenvalue weighted by atomic mass is 9.99. The molecule has 2 atom stereocenters. The second kappa shape index (κ2) is 7.65. The quantitative estimate of drug-likeness (QED) is 0.768. The van der Waals surface area contributed by atoms with Crippen molar-refractivity contribution in [2.75, 3.05) is 32.8 Å². The van der Waals surface area contributed by atoms with E-state index in [0.29, 0.717) is 25.7 Å². The van der Waals surface area contributed by atoms with Gasteiger partial charge in [-0.1, -0.05) is 0 Å². The summed E-state index contributed by atoms with van der Waals surface area (Å²) in [7, 11) is 0. The predicted molar refractivity (Wildman–Crippen MR) is 70.6 cm³/mol. The number of ether oxygens (including phenoxy) is 1. The summed E-state index contributed by atoms with van der Waals surface area (Å²) in [5.74, 6) is 1.12. The molecule has 5 heteroatoms. The van der Waals surface area contributed by atoms with Gasteiger partial charge in [-0.25, -0.2) is 0 Å². The Labute approximate surface area is 113 Å². The summed E-state index contributed by atoms with van der Waals surface area (Å²) in [6, 6.07) is 3.67. The van der Waals surface area contributed by atoms with Gasteiger partial charge in [0.1, 0.15) is 12.4 Å². The Balaban J connectivity index is 1.62. The van der Waals surface area contributed by atoms with Crippen LogP contribution >= 0.6 is 0 Å². The highest BCUT2D eigenvalue weighted by Crippen LogP contribution is 2.15. The van der Waals surface area contributed by atoms with Gasteiger partial charge in [-0.15, -0.1) is 0 Å². The lowest BCUT2D eigenvalue weighted by Gasteiger charge is -2.32. The fraction of sp³-hybridized carbons (Fsp3) is 0.714. The molecule has 1 aromatic heterocycles. The highest BCUT2D eigenvalue weighted by atomic mass is 16.5. The zero-order valence-electron chi connectivity index (χ0n) is 11.2. The minimum atomic E-state index is -0.493. The second-order valence-corrected chi connectivity index (χ2v) is 5.20. The molecule has 0 aliphatic carbocycles. The van der Waals surface area contributed by atoms with Gasteiger partial charge in [0.2, 0.25) is 0 Å². The fourth-order valence-corrected chi connectivity index (χ4v) is 2.51. The summed E-state index contributed by atoms with van der Waals surface area (Å²) in [6.45, 7) is 3.40. The molecule has 19 heavy (non-hydrogen) atoms. The Morgan fingerprint density at radius 1 is 1.53 bits per heavy atom. The average molecular weight is 269 g/mol. The van der Waals surface area contributed by atoms with Crippen molar-refractivity contribution in [3.63, 3.8) is 0 Å². The molecular weight excluding hydrogens is 246 g/mol. The predicted octanol–water partition coefficient (Wildman–Crippen LogP) is 0.861. The van der Waals surface area contributed by atoms with Crippen LogP contribution in [0.1, 0.15) is 18.6 Å². The second-order valence-electron chi connectivity index (χ2n) is 5.20. The van der Waals surface area contributed by atoms with Crippen molar-refractivity contribution in [1.29, 1.82) is 0 Å². The van der Waals surface area contributed by atoms with Crippen molar-refractivity contribution >= 4 is 0 Å². The third kappa shape index (κ3) is 4.95. The number of likely N-dealkylation sites (tertiary alicyclic amines) is 1. The number of furan rings is 1. The van der Waals surface area contributed by atoms with Gasteiger partial charge < -0.3 is 24.3 Å². The van der Waals surface area contributed by atoms with Crippen LogP contribution in [0.4, 0.5) is 0 Å². The average Bonchev–Trinajstić information content (AvgIpc) is 2.92. The summed E-state index contributed by atoms with van der Waals surface area (Å²) in [6.07, 6.45) is 3.29. The van der Waals surface area contributed by atoms with Crippen LogP contribution in [0.3, 0.4) is 0 Å². The van der Waals surface area contributed by atoms with E-state index in [1.165, 1.54) is 0 Å². The lowest BCUT2D eigenvalue weighted by Crippen LogP contribution is -2.42. The van der Waals surface area contributed by atoms with E-state index in [2.05, 4.69) is 4.90 Å². The van der Waals surface area contributed by atoms with Crippen LogP contribution in [-0.2, 0) is 11.3 Å². The van der Waals surface area contributed by atoms with E-state index >= 15 is 0 Å². The maximum Gasteiger partial charge on any atom is 0.129 e. The number of rotatable bonds is 7. The maximum atomic E-state index is 9.93. The van der Waals surface area contributed by atoms with Crippen LogP contribution in [0.15, 0.2) is 22.8 Å². The van der Waals surface area contributed by atoms with Gasteiger partial charge in [-0.2, -0.15) is 0 Å². The SMILES string of the molecule is OCC1CCCN(CC(O)COCc2ccco2)C1. The first kappa shape index (κ1) is 14.5. The van der Waals surface area contributed by atoms with Gasteiger partial charge >= 0.3 is 0 Å². The Morgan fingerprint density at radius 2 is 2.42 bits per heavy atom. The molecule has 108 valence electrons. The molecule has 1 aliphatic rings. The van der Waals surface area contributed by atoms with Gasteiger partial charge in [-0.3, -0.25) is 0 Å². The minimum Gasteiger partial charge on any atom is -0.467 e. The van der Waals surface area contributed by atoms with Crippen LogP contribution in [0.2, 0.25) is 0 Å². The molecule has 1 aromatic rings. The number of piperidine rings is 1. The highest BCUT2D eigenvalue weighted by Gasteiger charge is 2.21. The minimum absolute atomic E-state index is 0.238. The van der Waals surface area contributed by atoms with E-state index in [0.717, 1.165) is 31.7 Å². The van der Waals surface area contributed by atoms with Crippen molar-refractivity contribution < 1.29 is 19.4 Å². The number of nitrogens with zero attached hydrogens (tertiary/aromatic N) is 1. The summed E-state index contributed by atoms with van der Waals surface area (Å²) in [5, 5.41) is 19.1. The normalized spacial score (nSPS) is 22.5. The number of hydrogen-bond donors (Lipinski definition) is 2. The van der Waals surface area contributed by atoms with E-state index in [4.69, 9.17) is 14.3 Å². The smallest absolute Gasteiger partial charge is 0.129 e. The van der Waals surface area contributed by atoms with Crippen LogP contribution in [-0.4, -0.2) is 54.1 Å². The molecule has 2 N–H and O–H groups in total. The number of hydrogen-bond acceptors (Lipinski definition) is 5. The molecule has 2 rings (SSSR count). The number of aliphatic hydroxyl groups excluding tert-OH is 2. The summed E-state index contributed by atoms with van der Waals surface area (Å²) >= 11 is 0. The molecular formula is C14H23NO4. The zero-order valence-corrected chi connectivity index (χ0v) is 11.2. The molecule has 0 saturated carbocycles. The van der Waals surface area contributed by atoms with E-state index < -0.39 is 6.10 Å². The van der Waals surface area contributed by atoms with Crippen LogP contribution in [0.5, 0.6) is 0 Å². The molecule has 0 spiro atoms. The van der Waals surface area contributed by atoms with Crippen molar-refractivity contribution in [1.82, 2.24) is 4.90 Å². The van der Waals surface area contributed by atoms with Gasteiger partial charge in [0, 0.05) is 19.7 Å². The third-order valence-electron chi connectivity index (χ3n) is 3.46. The van der Waals surface area contributed by atoms with Gasteiger partial charge in [0.15, 0.2) is 0 Å². The molecule has 1 saturated heterocycles. The Bertz CT molecular complexity index is 341. The maximum absolute atomic E-state index is 9.93. The Hall–Kier alpha value is -0.880. The van der Waals surface area contributed by atoms with Crippen molar-refractivity contribution in [3.8, 4) is 0 Å². The Morgan fingerprint density at radius 3 is 3.16 bits per heavy atom. The molecule has 1 fully saturated rings. The molecule has 5 nitrogen and oxygen atoms in total. The first-order valence-electron chi connectivity index (χ1n) is 6.89. The molecule has 0 aromatic carbocycles. The van der Waals surface area contributed by atoms with Crippen molar-refractivity contribution in [2.24, 2.45) is 5.92 Å². The first-order chi connectivity index (χ1) is 9.28. The first-order valence-corrected chi connectivity index (χ1v) is 6.89. The molecule has 2 unspecified atom stereocenters. The van der Waals surface area contributed by atoms with E-state index in [1.54, 1.807) is 6.26 Å². The topological polar surface area (TPSA) is 66.1 Å². The van der Waals surface area contributed by atoms with Crippen molar-refractivity contribution in [2.45, 2.75) is 25.6 Å². The number of β-amino-alcohol motifs (C(OH)–C–C–N with tert-alkyl or cyclic N) is 1. The summed E-state index contributed by atoms with van der Waals surface area (Å²) in [4.78, 5) is 2.20. The van der Waals surface area contributed by atoms with Gasteiger partial charge in [0.25, 0.3) is 0 Å². The summed E-state index contributed by atoms with van der Waals surface area (Å²) in [5.41, 5.74) is 0. The van der Waals surface area contributed by atoms with E-state index in [1.807, 2.05) is 12.1 Å². The van der Waals surface area contributed by atoms with E-state index in [9.17, 15) is 5.11 Å². The fourth-order valence-electron chi connectivity index (χ4n) is 2.51. The molecule has 0 bridgehead atoms. The molecule has 2 heterocycles. The van der Waals surface area contributed by atoms with Crippen LogP contribution < -0.4 is 0 Å². The third-order valence-corrected chi connectivity index (χ3v) is 3.46. The lowest BCUT2D eigenvalue weighted by molar-refractivity contribution is -0.00379. The molecule has 1 aliphatic heterocycles. The van der Waals surface area contributed by atoms with Gasteiger partial charge in [0.05, 0.1) is 19.0 Å². The standard InChI is InChI=1S/C14H23NO4/c16-9-12-3-1-5-15(7-12)8-13(17)10-18-11-14-4-2-6-19-14/h2,4,6,12-13,16-17H,1,3,5,7-11H2. The monoisotopic (exact) mass is 269 g/mol. The largest absolute Gasteiger partial charge is 0.467 e. The van der Waals surface area contributed by atoms with Crippen molar-refractivity contribution in [3.05, 3.63) is 24.2 Å². The van der Waals surface area contributed by atoms with Gasteiger partial charge in [-0.05, 0) is 37.4 Å². The van der Waals surface area contributed by atoms with E-state index in [-0.39, 0.29) is 6.61 Å². The number of aliphatic hydroxyl groups is 2. The zero-order chi connectivity index (χ0) is 13.5. The highest BCUT2D eigenvalue weighted by molar-refractivity contribution is 4.96.